The van der Waals surface area contributed by atoms with Gasteiger partial charge < -0.3 is 5.32 Å². The molecule has 2 aromatic carbocycles. The largest absolute Gasteiger partial charge is 0.352 e. The fraction of sp³-hybridized carbons (Fsp3) is 0.440. The molecule has 1 heterocycles. The molecule has 8 heteroatoms. The van der Waals surface area contributed by atoms with Crippen LogP contribution in [-0.4, -0.2) is 49.7 Å². The smallest absolute Gasteiger partial charge is 0.243 e. The Balaban J connectivity index is 1.55. The van der Waals surface area contributed by atoms with Gasteiger partial charge in [-0.15, -0.1) is 0 Å². The normalized spacial score (nSPS) is 15.3. The number of hydrogen-bond acceptors (Lipinski definition) is 5. The van der Waals surface area contributed by atoms with Gasteiger partial charge in [0.15, 0.2) is 0 Å². The molecule has 33 heavy (non-hydrogen) atoms. The van der Waals surface area contributed by atoms with Gasteiger partial charge in [-0.1, -0.05) is 38.1 Å². The third-order valence-electron chi connectivity index (χ3n) is 6.31. The lowest BCUT2D eigenvalue weighted by Gasteiger charge is -2.30. The standard InChI is InChI=1S/C25H32N4O3S/c1-3-28(4-2)19-23-8-6-5-7-22(23)18-27-25(30)21-13-15-29(16-14-21)33(31,32)24-11-9-20(17-26)10-12-24/h5-12,21H,3-4,13-16,18-19H2,1-2H3,(H,27,30). The van der Waals surface area contributed by atoms with Crippen molar-refractivity contribution in [1.29, 1.82) is 5.26 Å². The summed E-state index contributed by atoms with van der Waals surface area (Å²) in [5, 5.41) is 12.0. The number of piperidine rings is 1. The van der Waals surface area contributed by atoms with Crippen LogP contribution in [-0.2, 0) is 27.9 Å². The van der Waals surface area contributed by atoms with Gasteiger partial charge in [0, 0.05) is 32.1 Å². The molecule has 1 aliphatic rings. The first-order chi connectivity index (χ1) is 15.9. The number of rotatable bonds is 9. The molecule has 1 aliphatic heterocycles. The lowest BCUT2D eigenvalue weighted by atomic mass is 9.97. The summed E-state index contributed by atoms with van der Waals surface area (Å²) in [6.45, 7) is 8.16. The van der Waals surface area contributed by atoms with Crippen LogP contribution in [0.5, 0.6) is 0 Å². The molecule has 176 valence electrons. The van der Waals surface area contributed by atoms with E-state index in [9.17, 15) is 13.2 Å². The number of nitriles is 1. The zero-order valence-electron chi connectivity index (χ0n) is 19.3. The van der Waals surface area contributed by atoms with Crippen LogP contribution in [0.1, 0.15) is 43.4 Å². The van der Waals surface area contributed by atoms with E-state index in [-0.39, 0.29) is 16.7 Å². The number of sulfonamides is 1. The highest BCUT2D eigenvalue weighted by molar-refractivity contribution is 7.89. The maximum atomic E-state index is 12.9. The Bertz CT molecular complexity index is 1080. The lowest BCUT2D eigenvalue weighted by Crippen LogP contribution is -2.42. The van der Waals surface area contributed by atoms with Crippen molar-refractivity contribution in [3.8, 4) is 6.07 Å². The van der Waals surface area contributed by atoms with Gasteiger partial charge in [-0.05, 0) is 61.3 Å². The van der Waals surface area contributed by atoms with Crippen molar-refractivity contribution in [1.82, 2.24) is 14.5 Å². The molecule has 0 aromatic heterocycles. The van der Waals surface area contributed by atoms with Crippen molar-refractivity contribution in [2.75, 3.05) is 26.2 Å². The second-order valence-electron chi connectivity index (χ2n) is 8.26. The Kier molecular flexibility index (Phi) is 8.61. The Morgan fingerprint density at radius 3 is 2.24 bits per heavy atom. The molecule has 0 saturated carbocycles. The fourth-order valence-electron chi connectivity index (χ4n) is 4.11. The Morgan fingerprint density at radius 1 is 1.06 bits per heavy atom. The Labute approximate surface area is 197 Å². The van der Waals surface area contributed by atoms with Crippen LogP contribution >= 0.6 is 0 Å². The molecule has 1 N–H and O–H groups in total. The van der Waals surface area contributed by atoms with Crippen molar-refractivity contribution < 1.29 is 13.2 Å². The molecular weight excluding hydrogens is 436 g/mol. The van der Waals surface area contributed by atoms with Gasteiger partial charge in [-0.2, -0.15) is 9.57 Å². The SMILES string of the molecule is CCN(CC)Cc1ccccc1CNC(=O)C1CCN(S(=O)(=O)c2ccc(C#N)cc2)CC1. The van der Waals surface area contributed by atoms with Crippen molar-refractivity contribution in [3.05, 3.63) is 65.2 Å². The van der Waals surface area contributed by atoms with Crippen LogP contribution in [0.2, 0.25) is 0 Å². The maximum absolute atomic E-state index is 12.9. The molecule has 1 saturated heterocycles. The zero-order valence-corrected chi connectivity index (χ0v) is 20.1. The molecule has 2 aromatic rings. The Morgan fingerprint density at radius 2 is 1.67 bits per heavy atom. The first-order valence-corrected chi connectivity index (χ1v) is 12.9. The van der Waals surface area contributed by atoms with E-state index in [4.69, 9.17) is 5.26 Å². The van der Waals surface area contributed by atoms with Crippen molar-refractivity contribution in [2.45, 2.75) is 44.7 Å². The molecule has 0 unspecified atom stereocenters. The molecule has 0 spiro atoms. The van der Waals surface area contributed by atoms with Crippen LogP contribution < -0.4 is 5.32 Å². The summed E-state index contributed by atoms with van der Waals surface area (Å²) in [5.41, 5.74) is 2.74. The van der Waals surface area contributed by atoms with Gasteiger partial charge in [0.1, 0.15) is 0 Å². The first-order valence-electron chi connectivity index (χ1n) is 11.5. The van der Waals surface area contributed by atoms with Gasteiger partial charge in [-0.3, -0.25) is 9.69 Å². The third-order valence-corrected chi connectivity index (χ3v) is 8.22. The second kappa shape index (κ2) is 11.4. The summed E-state index contributed by atoms with van der Waals surface area (Å²) in [5.74, 6) is -0.226. The molecule has 3 rings (SSSR count). The van der Waals surface area contributed by atoms with E-state index < -0.39 is 10.0 Å². The number of carbonyl (C=O) groups is 1. The second-order valence-corrected chi connectivity index (χ2v) is 10.2. The van der Waals surface area contributed by atoms with Gasteiger partial charge in [0.05, 0.1) is 16.5 Å². The summed E-state index contributed by atoms with van der Waals surface area (Å²) < 4.78 is 27.2. The zero-order chi connectivity index (χ0) is 23.8. The number of nitrogens with zero attached hydrogens (tertiary/aromatic N) is 3. The number of amides is 1. The minimum atomic E-state index is -3.63. The van der Waals surface area contributed by atoms with Crippen LogP contribution in [0.4, 0.5) is 0 Å². The number of carbonyl (C=O) groups excluding carboxylic acids is 1. The highest BCUT2D eigenvalue weighted by Gasteiger charge is 2.32. The first kappa shape index (κ1) is 24.9. The highest BCUT2D eigenvalue weighted by Crippen LogP contribution is 2.24. The van der Waals surface area contributed by atoms with Crippen LogP contribution in [0.3, 0.4) is 0 Å². The van der Waals surface area contributed by atoms with Crippen LogP contribution in [0.25, 0.3) is 0 Å². The summed E-state index contributed by atoms with van der Waals surface area (Å²) in [6, 6.07) is 16.1. The average Bonchev–Trinajstić information content (AvgIpc) is 2.86. The molecule has 7 nitrogen and oxygen atoms in total. The van der Waals surface area contributed by atoms with E-state index in [1.807, 2.05) is 24.3 Å². The van der Waals surface area contributed by atoms with Crippen molar-refractivity contribution in [3.63, 3.8) is 0 Å². The minimum absolute atomic E-state index is 0.0249. The van der Waals surface area contributed by atoms with E-state index in [1.54, 1.807) is 0 Å². The van der Waals surface area contributed by atoms with E-state index >= 15 is 0 Å². The average molecular weight is 469 g/mol. The monoisotopic (exact) mass is 468 g/mol. The number of benzene rings is 2. The van der Waals surface area contributed by atoms with E-state index in [2.05, 4.69) is 30.1 Å². The third kappa shape index (κ3) is 6.20. The highest BCUT2D eigenvalue weighted by atomic mass is 32.2. The Hall–Kier alpha value is -2.73. The molecule has 0 aliphatic carbocycles. The van der Waals surface area contributed by atoms with Crippen molar-refractivity contribution >= 4 is 15.9 Å². The lowest BCUT2D eigenvalue weighted by molar-refractivity contribution is -0.126. The van der Waals surface area contributed by atoms with Gasteiger partial charge in [-0.25, -0.2) is 8.42 Å². The van der Waals surface area contributed by atoms with Crippen molar-refractivity contribution in [2.24, 2.45) is 5.92 Å². The minimum Gasteiger partial charge on any atom is -0.352 e. The maximum Gasteiger partial charge on any atom is 0.243 e. The molecule has 0 bridgehead atoms. The van der Waals surface area contributed by atoms with Crippen LogP contribution in [0.15, 0.2) is 53.4 Å². The quantitative estimate of drug-likeness (QED) is 0.610. The van der Waals surface area contributed by atoms with Gasteiger partial charge >= 0.3 is 0 Å². The topological polar surface area (TPSA) is 93.5 Å². The van der Waals surface area contributed by atoms with E-state index in [0.717, 1.165) is 25.2 Å². The fourth-order valence-corrected chi connectivity index (χ4v) is 5.58. The molecule has 0 atom stereocenters. The molecule has 1 amide bonds. The predicted molar refractivity (Wildman–Crippen MR) is 128 cm³/mol. The number of hydrogen-bond donors (Lipinski definition) is 1. The summed E-state index contributed by atoms with van der Waals surface area (Å²) in [7, 11) is -3.63. The summed E-state index contributed by atoms with van der Waals surface area (Å²) in [4.78, 5) is 15.3. The van der Waals surface area contributed by atoms with Crippen LogP contribution in [0, 0.1) is 17.2 Å². The van der Waals surface area contributed by atoms with Gasteiger partial charge in [0.2, 0.25) is 15.9 Å². The van der Waals surface area contributed by atoms with Gasteiger partial charge in [0.25, 0.3) is 0 Å². The summed E-state index contributed by atoms with van der Waals surface area (Å²) >= 11 is 0. The molecule has 0 radical (unpaired) electrons. The molecule has 1 fully saturated rings. The predicted octanol–water partition coefficient (Wildman–Crippen LogP) is 3.12. The number of nitrogens with one attached hydrogen (secondary N) is 1. The van der Waals surface area contributed by atoms with E-state index in [0.29, 0.717) is 38.0 Å². The summed E-state index contributed by atoms with van der Waals surface area (Å²) in [6.07, 6.45) is 0.977. The molecular formula is C25H32N4O3S. The van der Waals surface area contributed by atoms with E-state index in [1.165, 1.54) is 34.1 Å².